The zero-order valence-corrected chi connectivity index (χ0v) is 14.4. The van der Waals surface area contributed by atoms with E-state index >= 15 is 0 Å². The Hall–Kier alpha value is -0.0800. The monoisotopic (exact) mass is 280 g/mol. The van der Waals surface area contributed by atoms with E-state index in [1.165, 1.54) is 45.2 Å². The molecule has 0 radical (unpaired) electrons. The first-order valence-electron chi connectivity index (χ1n) is 8.88. The molecule has 0 spiro atoms. The van der Waals surface area contributed by atoms with Gasteiger partial charge in [-0.15, -0.1) is 0 Å². The van der Waals surface area contributed by atoms with E-state index in [0.29, 0.717) is 5.41 Å². The van der Waals surface area contributed by atoms with Gasteiger partial charge in [-0.3, -0.25) is 0 Å². The molecule has 1 heterocycles. The second kappa shape index (κ2) is 6.79. The van der Waals surface area contributed by atoms with E-state index in [1.54, 1.807) is 0 Å². The number of likely N-dealkylation sites (tertiary alicyclic amines) is 1. The van der Waals surface area contributed by atoms with E-state index in [1.807, 2.05) is 0 Å². The Morgan fingerprint density at radius 2 is 1.95 bits per heavy atom. The van der Waals surface area contributed by atoms with Crippen LogP contribution in [0.2, 0.25) is 0 Å². The highest BCUT2D eigenvalue weighted by molar-refractivity contribution is 4.91. The second-order valence-corrected chi connectivity index (χ2v) is 8.30. The minimum absolute atomic E-state index is 0.545. The Labute approximate surface area is 126 Å². The van der Waals surface area contributed by atoms with Gasteiger partial charge in [0.25, 0.3) is 0 Å². The molecule has 1 N–H and O–H groups in total. The first kappa shape index (κ1) is 16.3. The van der Waals surface area contributed by atoms with Gasteiger partial charge < -0.3 is 10.2 Å². The van der Waals surface area contributed by atoms with Crippen molar-refractivity contribution in [1.29, 1.82) is 0 Å². The fourth-order valence-electron chi connectivity index (χ4n) is 4.49. The molecule has 1 saturated heterocycles. The van der Waals surface area contributed by atoms with Gasteiger partial charge in [-0.2, -0.15) is 0 Å². The standard InChI is InChI=1S/C18H36N2/c1-6-19-17-7-9-18(4,5)12-16(17)13-20-10-8-14(2)11-15(20)3/h14-17,19H,6-13H2,1-5H3. The molecule has 0 bridgehead atoms. The number of rotatable bonds is 4. The molecule has 0 aromatic rings. The van der Waals surface area contributed by atoms with Crippen molar-refractivity contribution in [1.82, 2.24) is 10.2 Å². The lowest BCUT2D eigenvalue weighted by atomic mass is 9.69. The van der Waals surface area contributed by atoms with Crippen molar-refractivity contribution in [3.8, 4) is 0 Å². The van der Waals surface area contributed by atoms with Crippen LogP contribution in [0.4, 0.5) is 0 Å². The van der Waals surface area contributed by atoms with Crippen LogP contribution in [0, 0.1) is 17.3 Å². The summed E-state index contributed by atoms with van der Waals surface area (Å²) in [5, 5.41) is 3.76. The van der Waals surface area contributed by atoms with Crippen molar-refractivity contribution in [2.24, 2.45) is 17.3 Å². The number of piperidine rings is 1. The van der Waals surface area contributed by atoms with Gasteiger partial charge in [0.1, 0.15) is 0 Å². The Morgan fingerprint density at radius 3 is 2.60 bits per heavy atom. The van der Waals surface area contributed by atoms with Gasteiger partial charge in [0.05, 0.1) is 0 Å². The number of hydrogen-bond donors (Lipinski definition) is 1. The fraction of sp³-hybridized carbons (Fsp3) is 1.00. The van der Waals surface area contributed by atoms with E-state index in [9.17, 15) is 0 Å². The molecule has 4 atom stereocenters. The van der Waals surface area contributed by atoms with Crippen LogP contribution in [-0.2, 0) is 0 Å². The van der Waals surface area contributed by atoms with Gasteiger partial charge in [0, 0.05) is 18.6 Å². The molecule has 20 heavy (non-hydrogen) atoms. The maximum Gasteiger partial charge on any atom is 0.0108 e. The lowest BCUT2D eigenvalue weighted by molar-refractivity contribution is 0.0596. The quantitative estimate of drug-likeness (QED) is 0.840. The third kappa shape index (κ3) is 4.21. The molecule has 118 valence electrons. The molecule has 2 nitrogen and oxygen atoms in total. The summed E-state index contributed by atoms with van der Waals surface area (Å²) in [6.45, 7) is 15.8. The highest BCUT2D eigenvalue weighted by atomic mass is 15.2. The molecule has 0 aromatic heterocycles. The lowest BCUT2D eigenvalue weighted by Gasteiger charge is -2.45. The summed E-state index contributed by atoms with van der Waals surface area (Å²) in [6, 6.07) is 1.53. The summed E-state index contributed by atoms with van der Waals surface area (Å²) in [4.78, 5) is 2.77. The lowest BCUT2D eigenvalue weighted by Crippen LogP contribution is -2.50. The van der Waals surface area contributed by atoms with Crippen LogP contribution >= 0.6 is 0 Å². The first-order valence-corrected chi connectivity index (χ1v) is 8.88. The van der Waals surface area contributed by atoms with Crippen molar-refractivity contribution in [2.45, 2.75) is 78.8 Å². The molecule has 2 fully saturated rings. The zero-order valence-electron chi connectivity index (χ0n) is 14.4. The Balaban J connectivity index is 1.96. The molecule has 2 rings (SSSR count). The fourth-order valence-corrected chi connectivity index (χ4v) is 4.49. The van der Waals surface area contributed by atoms with Crippen molar-refractivity contribution < 1.29 is 0 Å². The van der Waals surface area contributed by atoms with Crippen molar-refractivity contribution in [3.05, 3.63) is 0 Å². The predicted octanol–water partition coefficient (Wildman–Crippen LogP) is 3.91. The third-order valence-electron chi connectivity index (χ3n) is 5.73. The molecular weight excluding hydrogens is 244 g/mol. The van der Waals surface area contributed by atoms with E-state index in [-0.39, 0.29) is 0 Å². The van der Waals surface area contributed by atoms with Crippen LogP contribution in [0.25, 0.3) is 0 Å². The molecule has 0 amide bonds. The molecule has 2 heteroatoms. The van der Waals surface area contributed by atoms with Gasteiger partial charge in [0.2, 0.25) is 0 Å². The average molecular weight is 280 g/mol. The topological polar surface area (TPSA) is 15.3 Å². The summed E-state index contributed by atoms with van der Waals surface area (Å²) < 4.78 is 0. The van der Waals surface area contributed by atoms with E-state index in [2.05, 4.69) is 44.8 Å². The smallest absolute Gasteiger partial charge is 0.0108 e. The van der Waals surface area contributed by atoms with Crippen molar-refractivity contribution in [2.75, 3.05) is 19.6 Å². The van der Waals surface area contributed by atoms with Gasteiger partial charge in [-0.1, -0.05) is 27.7 Å². The Bertz CT molecular complexity index is 300. The largest absolute Gasteiger partial charge is 0.314 e. The zero-order chi connectivity index (χ0) is 14.8. The molecule has 1 saturated carbocycles. The van der Waals surface area contributed by atoms with Gasteiger partial charge >= 0.3 is 0 Å². The van der Waals surface area contributed by atoms with Gasteiger partial charge in [0.15, 0.2) is 0 Å². The minimum atomic E-state index is 0.545. The van der Waals surface area contributed by atoms with Crippen LogP contribution in [-0.4, -0.2) is 36.6 Å². The maximum atomic E-state index is 3.76. The van der Waals surface area contributed by atoms with Gasteiger partial charge in [-0.05, 0) is 69.4 Å². The summed E-state index contributed by atoms with van der Waals surface area (Å²) in [5.41, 5.74) is 0.545. The van der Waals surface area contributed by atoms with E-state index in [0.717, 1.165) is 30.5 Å². The second-order valence-electron chi connectivity index (χ2n) is 8.30. The third-order valence-corrected chi connectivity index (χ3v) is 5.73. The molecule has 1 aliphatic carbocycles. The molecule has 1 aliphatic heterocycles. The normalized spacial score (nSPS) is 38.9. The Morgan fingerprint density at radius 1 is 1.20 bits per heavy atom. The summed E-state index contributed by atoms with van der Waals surface area (Å²) in [6.07, 6.45) is 6.93. The number of nitrogens with one attached hydrogen (secondary N) is 1. The van der Waals surface area contributed by atoms with Crippen molar-refractivity contribution in [3.63, 3.8) is 0 Å². The summed E-state index contributed by atoms with van der Waals surface area (Å²) in [7, 11) is 0. The van der Waals surface area contributed by atoms with Crippen LogP contribution in [0.5, 0.6) is 0 Å². The molecule has 2 aliphatic rings. The van der Waals surface area contributed by atoms with Crippen LogP contribution in [0.15, 0.2) is 0 Å². The van der Waals surface area contributed by atoms with E-state index in [4.69, 9.17) is 0 Å². The van der Waals surface area contributed by atoms with Crippen molar-refractivity contribution >= 4 is 0 Å². The first-order chi connectivity index (χ1) is 9.41. The predicted molar refractivity (Wildman–Crippen MR) is 88.0 cm³/mol. The van der Waals surface area contributed by atoms with Crippen LogP contribution < -0.4 is 5.32 Å². The summed E-state index contributed by atoms with van der Waals surface area (Å²) >= 11 is 0. The minimum Gasteiger partial charge on any atom is -0.314 e. The summed E-state index contributed by atoms with van der Waals surface area (Å²) in [5.74, 6) is 1.77. The van der Waals surface area contributed by atoms with Crippen LogP contribution in [0.1, 0.15) is 66.7 Å². The Kier molecular flexibility index (Phi) is 5.53. The highest BCUT2D eigenvalue weighted by Gasteiger charge is 2.36. The molecule has 0 aromatic carbocycles. The van der Waals surface area contributed by atoms with E-state index < -0.39 is 0 Å². The average Bonchev–Trinajstić information content (AvgIpc) is 2.36. The number of hydrogen-bond acceptors (Lipinski definition) is 2. The maximum absolute atomic E-state index is 3.76. The highest BCUT2D eigenvalue weighted by Crippen LogP contribution is 2.39. The van der Waals surface area contributed by atoms with Crippen LogP contribution in [0.3, 0.4) is 0 Å². The van der Waals surface area contributed by atoms with Gasteiger partial charge in [-0.25, -0.2) is 0 Å². The number of nitrogens with zero attached hydrogens (tertiary/aromatic N) is 1. The molecule has 4 unspecified atom stereocenters. The SMILES string of the molecule is CCNC1CCC(C)(C)CC1CN1CCC(C)CC1C. The molecular formula is C18H36N2.